The van der Waals surface area contributed by atoms with Crippen molar-refractivity contribution in [2.45, 2.75) is 25.9 Å². The van der Waals surface area contributed by atoms with Gasteiger partial charge in [0.15, 0.2) is 0 Å². The maximum Gasteiger partial charge on any atom is 0.257 e. The molecule has 4 nitrogen and oxygen atoms in total. The predicted molar refractivity (Wildman–Crippen MR) is 101 cm³/mol. The number of anilines is 1. The average molecular weight is 336 g/mol. The SMILES string of the molecule is C=C(C)COc1ccc(C2(CC)Nc3ccccc3C(=O)N2C)cc1. The first-order valence-corrected chi connectivity index (χ1v) is 8.51. The summed E-state index contributed by atoms with van der Waals surface area (Å²) in [6.45, 7) is 8.36. The van der Waals surface area contributed by atoms with E-state index in [1.807, 2.05) is 62.5 Å². The second-order valence-corrected chi connectivity index (χ2v) is 6.52. The Morgan fingerprint density at radius 3 is 2.52 bits per heavy atom. The maximum absolute atomic E-state index is 12.9. The van der Waals surface area contributed by atoms with Crippen LogP contribution in [0.4, 0.5) is 5.69 Å². The van der Waals surface area contributed by atoms with Crippen molar-refractivity contribution in [3.8, 4) is 5.75 Å². The highest BCUT2D eigenvalue weighted by Gasteiger charge is 2.42. The molecule has 0 spiro atoms. The lowest BCUT2D eigenvalue weighted by Gasteiger charge is -2.46. The van der Waals surface area contributed by atoms with Crippen LogP contribution < -0.4 is 10.1 Å². The van der Waals surface area contributed by atoms with Crippen molar-refractivity contribution in [2.24, 2.45) is 0 Å². The molecule has 0 aliphatic carbocycles. The quantitative estimate of drug-likeness (QED) is 0.823. The van der Waals surface area contributed by atoms with Crippen molar-refractivity contribution in [3.05, 3.63) is 71.8 Å². The Kier molecular flexibility index (Phi) is 4.53. The van der Waals surface area contributed by atoms with Crippen LogP contribution in [0.5, 0.6) is 5.75 Å². The summed E-state index contributed by atoms with van der Waals surface area (Å²) >= 11 is 0. The van der Waals surface area contributed by atoms with Gasteiger partial charge in [-0.2, -0.15) is 0 Å². The van der Waals surface area contributed by atoms with Gasteiger partial charge in [-0.1, -0.05) is 37.8 Å². The molecule has 1 amide bonds. The fourth-order valence-electron chi connectivity index (χ4n) is 3.27. The molecule has 1 unspecified atom stereocenters. The summed E-state index contributed by atoms with van der Waals surface area (Å²) in [6.07, 6.45) is 0.746. The van der Waals surface area contributed by atoms with E-state index in [4.69, 9.17) is 4.74 Å². The number of nitrogens with one attached hydrogen (secondary N) is 1. The van der Waals surface area contributed by atoms with Gasteiger partial charge in [-0.25, -0.2) is 0 Å². The van der Waals surface area contributed by atoms with Gasteiger partial charge in [0.05, 0.1) is 5.56 Å². The van der Waals surface area contributed by atoms with Crippen molar-refractivity contribution in [3.63, 3.8) is 0 Å². The summed E-state index contributed by atoms with van der Waals surface area (Å²) in [5.74, 6) is 0.821. The maximum atomic E-state index is 12.9. The molecule has 25 heavy (non-hydrogen) atoms. The standard InChI is InChI=1S/C21H24N2O2/c1-5-21(16-10-12-17(13-11-16)25-14-15(2)3)22-19-9-7-6-8-18(19)20(24)23(21)4/h6-13,22H,2,5,14H2,1,3-4H3. The molecule has 2 aromatic carbocycles. The number of hydrogen-bond donors (Lipinski definition) is 1. The van der Waals surface area contributed by atoms with Gasteiger partial charge in [0.2, 0.25) is 0 Å². The predicted octanol–water partition coefficient (Wildman–Crippen LogP) is 4.40. The van der Waals surface area contributed by atoms with E-state index < -0.39 is 5.66 Å². The van der Waals surface area contributed by atoms with E-state index in [0.29, 0.717) is 12.2 Å². The van der Waals surface area contributed by atoms with Gasteiger partial charge in [-0.05, 0) is 48.7 Å². The van der Waals surface area contributed by atoms with Gasteiger partial charge in [0.1, 0.15) is 18.0 Å². The lowest BCUT2D eigenvalue weighted by atomic mass is 9.90. The Hall–Kier alpha value is -2.75. The van der Waals surface area contributed by atoms with Crippen molar-refractivity contribution in [1.29, 1.82) is 0 Å². The molecule has 1 aliphatic heterocycles. The van der Waals surface area contributed by atoms with Gasteiger partial charge in [-0.15, -0.1) is 0 Å². The molecule has 0 radical (unpaired) electrons. The Morgan fingerprint density at radius 2 is 1.88 bits per heavy atom. The van der Waals surface area contributed by atoms with Crippen LogP contribution in [-0.2, 0) is 5.66 Å². The van der Waals surface area contributed by atoms with Crippen molar-refractivity contribution in [2.75, 3.05) is 19.0 Å². The van der Waals surface area contributed by atoms with Gasteiger partial charge < -0.3 is 15.0 Å². The second-order valence-electron chi connectivity index (χ2n) is 6.52. The summed E-state index contributed by atoms with van der Waals surface area (Å²) in [5, 5.41) is 3.58. The van der Waals surface area contributed by atoms with E-state index in [2.05, 4.69) is 18.8 Å². The van der Waals surface area contributed by atoms with Crippen molar-refractivity contribution < 1.29 is 9.53 Å². The third-order valence-electron chi connectivity index (χ3n) is 4.70. The van der Waals surface area contributed by atoms with Crippen LogP contribution in [-0.4, -0.2) is 24.5 Å². The molecule has 4 heteroatoms. The van der Waals surface area contributed by atoms with E-state index >= 15 is 0 Å². The van der Waals surface area contributed by atoms with E-state index in [-0.39, 0.29) is 5.91 Å². The monoisotopic (exact) mass is 336 g/mol. The van der Waals surface area contributed by atoms with Gasteiger partial charge in [0, 0.05) is 12.7 Å². The van der Waals surface area contributed by atoms with Crippen LogP contribution in [0, 0.1) is 0 Å². The van der Waals surface area contributed by atoms with Gasteiger partial charge in [0.25, 0.3) is 5.91 Å². The highest BCUT2D eigenvalue weighted by molar-refractivity contribution is 6.02. The van der Waals surface area contributed by atoms with Crippen LogP contribution in [0.1, 0.15) is 36.2 Å². The zero-order chi connectivity index (χ0) is 18.0. The zero-order valence-corrected chi connectivity index (χ0v) is 15.0. The van der Waals surface area contributed by atoms with E-state index in [1.54, 1.807) is 4.90 Å². The van der Waals surface area contributed by atoms with Crippen LogP contribution in [0.15, 0.2) is 60.7 Å². The lowest BCUT2D eigenvalue weighted by molar-refractivity contribution is 0.0572. The summed E-state index contributed by atoms with van der Waals surface area (Å²) in [5.41, 5.74) is 3.01. The molecule has 2 aromatic rings. The third kappa shape index (κ3) is 3.00. The highest BCUT2D eigenvalue weighted by atomic mass is 16.5. The number of para-hydroxylation sites is 1. The van der Waals surface area contributed by atoms with E-state index in [9.17, 15) is 4.79 Å². The Labute approximate surface area is 149 Å². The third-order valence-corrected chi connectivity index (χ3v) is 4.70. The van der Waals surface area contributed by atoms with Crippen LogP contribution in [0.2, 0.25) is 0 Å². The molecule has 130 valence electrons. The summed E-state index contributed by atoms with van der Waals surface area (Å²) in [6, 6.07) is 15.6. The largest absolute Gasteiger partial charge is 0.489 e. The number of nitrogens with zero attached hydrogens (tertiary/aromatic N) is 1. The molecule has 0 fully saturated rings. The first kappa shape index (κ1) is 17.1. The molecule has 3 rings (SSSR count). The van der Waals surface area contributed by atoms with Crippen molar-refractivity contribution >= 4 is 11.6 Å². The first-order valence-electron chi connectivity index (χ1n) is 8.51. The summed E-state index contributed by atoms with van der Waals surface area (Å²) in [4.78, 5) is 14.7. The van der Waals surface area contributed by atoms with E-state index in [1.165, 1.54) is 0 Å². The topological polar surface area (TPSA) is 41.6 Å². The molecule has 1 heterocycles. The number of rotatable bonds is 5. The number of hydrogen-bond acceptors (Lipinski definition) is 3. The highest BCUT2D eigenvalue weighted by Crippen LogP contribution is 2.39. The van der Waals surface area contributed by atoms with E-state index in [0.717, 1.165) is 29.0 Å². The van der Waals surface area contributed by atoms with Crippen LogP contribution >= 0.6 is 0 Å². The second kappa shape index (κ2) is 6.63. The molecular formula is C21H24N2O2. The Balaban J connectivity index is 1.96. The fraction of sp³-hybridized carbons (Fsp3) is 0.286. The number of carbonyl (C=O) groups is 1. The number of benzene rings is 2. The first-order chi connectivity index (χ1) is 12.0. The Bertz CT molecular complexity index is 798. The van der Waals surface area contributed by atoms with Crippen LogP contribution in [0.25, 0.3) is 0 Å². The number of fused-ring (bicyclic) bond motifs is 1. The molecule has 0 saturated heterocycles. The normalized spacial score (nSPS) is 19.2. The molecule has 0 bridgehead atoms. The van der Waals surface area contributed by atoms with Gasteiger partial charge >= 0.3 is 0 Å². The Morgan fingerprint density at radius 1 is 1.20 bits per heavy atom. The molecule has 0 saturated carbocycles. The molecule has 1 aliphatic rings. The smallest absolute Gasteiger partial charge is 0.257 e. The lowest BCUT2D eigenvalue weighted by Crippen LogP contribution is -2.55. The number of ether oxygens (including phenoxy) is 1. The number of amides is 1. The molecule has 0 aromatic heterocycles. The minimum atomic E-state index is -0.571. The molecular weight excluding hydrogens is 312 g/mol. The summed E-state index contributed by atoms with van der Waals surface area (Å²) in [7, 11) is 1.85. The van der Waals surface area contributed by atoms with Gasteiger partial charge in [-0.3, -0.25) is 4.79 Å². The number of carbonyl (C=O) groups excluding carboxylic acids is 1. The molecule has 1 atom stereocenters. The molecule has 1 N–H and O–H groups in total. The van der Waals surface area contributed by atoms with Crippen molar-refractivity contribution in [1.82, 2.24) is 4.90 Å². The zero-order valence-electron chi connectivity index (χ0n) is 15.0. The minimum absolute atomic E-state index is 0.0267. The van der Waals surface area contributed by atoms with Crippen LogP contribution in [0.3, 0.4) is 0 Å². The minimum Gasteiger partial charge on any atom is -0.489 e. The fourth-order valence-corrected chi connectivity index (χ4v) is 3.27. The summed E-state index contributed by atoms with van der Waals surface area (Å²) < 4.78 is 5.68. The average Bonchev–Trinajstić information content (AvgIpc) is 2.63.